The average Bonchev–Trinajstić information content (AvgIpc) is 2.45. The van der Waals surface area contributed by atoms with E-state index in [1.165, 1.54) is 6.92 Å². The highest BCUT2D eigenvalue weighted by molar-refractivity contribution is 5.93. The van der Waals surface area contributed by atoms with Gasteiger partial charge in [-0.15, -0.1) is 0 Å². The average molecular weight is 302 g/mol. The van der Waals surface area contributed by atoms with E-state index in [-0.39, 0.29) is 30.2 Å². The normalized spacial score (nSPS) is 11.3. The Morgan fingerprint density at radius 2 is 1.82 bits per heavy atom. The Bertz CT molecular complexity index is 561. The van der Waals surface area contributed by atoms with Crippen molar-refractivity contribution in [2.24, 2.45) is 5.92 Å². The van der Waals surface area contributed by atoms with Crippen molar-refractivity contribution < 1.29 is 19.1 Å². The molecule has 0 saturated carbocycles. The first-order valence-electron chi connectivity index (χ1n) is 7.34. The predicted molar refractivity (Wildman–Crippen MR) is 84.6 cm³/mol. The number of carbonyl (C=O) groups excluding carboxylic acids is 2. The molecule has 0 fully saturated rings. The molecule has 1 rings (SSSR count). The lowest BCUT2D eigenvalue weighted by molar-refractivity contribution is -0.145. The maximum absolute atomic E-state index is 12.2. The van der Waals surface area contributed by atoms with E-state index in [0.29, 0.717) is 6.61 Å². The molecule has 0 N–H and O–H groups in total. The third kappa shape index (κ3) is 5.61. The van der Waals surface area contributed by atoms with Crippen LogP contribution in [0.25, 0.3) is 0 Å². The smallest absolute Gasteiger partial charge is 0.314 e. The summed E-state index contributed by atoms with van der Waals surface area (Å²) in [4.78, 5) is 22.9. The quantitative estimate of drug-likeness (QED) is 0.460. The van der Waals surface area contributed by atoms with Gasteiger partial charge < -0.3 is 9.47 Å². The van der Waals surface area contributed by atoms with E-state index in [9.17, 15) is 9.59 Å². The zero-order valence-electron chi connectivity index (χ0n) is 13.5. The lowest BCUT2D eigenvalue weighted by Crippen LogP contribution is -2.21. The van der Waals surface area contributed by atoms with Gasteiger partial charge in [0, 0.05) is 6.92 Å². The summed E-state index contributed by atoms with van der Waals surface area (Å²) >= 11 is 0. The molecule has 1 unspecified atom stereocenters. The van der Waals surface area contributed by atoms with E-state index >= 15 is 0 Å². The van der Waals surface area contributed by atoms with Crippen molar-refractivity contribution in [3.63, 3.8) is 0 Å². The molecule has 0 aromatic heterocycles. The lowest BCUT2D eigenvalue weighted by atomic mass is 9.88. The molecule has 0 amide bonds. The lowest BCUT2D eigenvalue weighted by Gasteiger charge is -2.19. The van der Waals surface area contributed by atoms with E-state index in [1.807, 2.05) is 45.0 Å². The second-order valence-corrected chi connectivity index (χ2v) is 5.19. The van der Waals surface area contributed by atoms with Crippen molar-refractivity contribution in [1.29, 1.82) is 0 Å². The standard InChI is InChI=1S/C18H22O4/c1-5-21-16-10-8-15(9-11-16)17(13(2)3)18(20)22-12-6-7-14(4)19/h8-11,13,17H,5,12H2,1-4H3. The Hall–Kier alpha value is -2.28. The number of ether oxygens (including phenoxy) is 2. The molecule has 0 saturated heterocycles. The van der Waals surface area contributed by atoms with Gasteiger partial charge in [0.05, 0.1) is 12.5 Å². The molecule has 0 bridgehead atoms. The summed E-state index contributed by atoms with van der Waals surface area (Å²) in [7, 11) is 0. The molecule has 1 aromatic rings. The van der Waals surface area contributed by atoms with E-state index in [1.54, 1.807) is 0 Å². The van der Waals surface area contributed by atoms with Gasteiger partial charge in [0.15, 0.2) is 6.61 Å². The monoisotopic (exact) mass is 302 g/mol. The van der Waals surface area contributed by atoms with E-state index in [0.717, 1.165) is 11.3 Å². The summed E-state index contributed by atoms with van der Waals surface area (Å²) < 4.78 is 10.5. The van der Waals surface area contributed by atoms with Crippen LogP contribution in [-0.4, -0.2) is 25.0 Å². The molecule has 4 nitrogen and oxygen atoms in total. The third-order valence-corrected chi connectivity index (χ3v) is 3.02. The van der Waals surface area contributed by atoms with Crippen LogP contribution in [0.4, 0.5) is 0 Å². The topological polar surface area (TPSA) is 52.6 Å². The first kappa shape index (κ1) is 17.8. The maximum Gasteiger partial charge on any atom is 0.314 e. The molecule has 0 spiro atoms. The third-order valence-electron chi connectivity index (χ3n) is 3.02. The van der Waals surface area contributed by atoms with Crippen molar-refractivity contribution >= 4 is 11.8 Å². The van der Waals surface area contributed by atoms with Crippen LogP contribution in [0.1, 0.15) is 39.2 Å². The maximum atomic E-state index is 12.2. The molecule has 1 atom stereocenters. The van der Waals surface area contributed by atoms with Crippen LogP contribution >= 0.6 is 0 Å². The predicted octanol–water partition coefficient (Wildman–Crippen LogP) is 2.96. The summed E-state index contributed by atoms with van der Waals surface area (Å²) in [5, 5.41) is 0. The van der Waals surface area contributed by atoms with Crippen LogP contribution in [0.15, 0.2) is 24.3 Å². The fourth-order valence-electron chi connectivity index (χ4n) is 2.09. The number of hydrogen-bond donors (Lipinski definition) is 0. The summed E-state index contributed by atoms with van der Waals surface area (Å²) in [5.41, 5.74) is 0.878. The van der Waals surface area contributed by atoms with Crippen LogP contribution in [0, 0.1) is 17.8 Å². The van der Waals surface area contributed by atoms with E-state index < -0.39 is 0 Å². The minimum atomic E-state index is -0.366. The molecule has 0 aliphatic carbocycles. The molecule has 4 heteroatoms. The minimum Gasteiger partial charge on any atom is -0.494 e. The molecule has 0 radical (unpaired) electrons. The minimum absolute atomic E-state index is 0.0708. The molecule has 22 heavy (non-hydrogen) atoms. The van der Waals surface area contributed by atoms with E-state index in [4.69, 9.17) is 9.47 Å². The Morgan fingerprint density at radius 1 is 1.18 bits per heavy atom. The summed E-state index contributed by atoms with van der Waals surface area (Å²) in [5.74, 6) is 4.78. The zero-order chi connectivity index (χ0) is 16.5. The molecule has 0 aliphatic rings. The largest absolute Gasteiger partial charge is 0.494 e. The van der Waals surface area contributed by atoms with Gasteiger partial charge in [-0.3, -0.25) is 9.59 Å². The van der Waals surface area contributed by atoms with Crippen molar-refractivity contribution in [3.05, 3.63) is 29.8 Å². The Balaban J connectivity index is 2.78. The molecule has 0 aliphatic heterocycles. The number of rotatable bonds is 6. The van der Waals surface area contributed by atoms with Gasteiger partial charge in [-0.25, -0.2) is 0 Å². The zero-order valence-corrected chi connectivity index (χ0v) is 13.5. The fraction of sp³-hybridized carbons (Fsp3) is 0.444. The number of carbonyl (C=O) groups is 2. The van der Waals surface area contributed by atoms with Crippen molar-refractivity contribution in [2.45, 2.75) is 33.6 Å². The first-order chi connectivity index (χ1) is 10.5. The second-order valence-electron chi connectivity index (χ2n) is 5.19. The summed E-state index contributed by atoms with van der Waals surface area (Å²) in [6.07, 6.45) is 0. The van der Waals surface area contributed by atoms with Gasteiger partial charge in [-0.1, -0.05) is 31.9 Å². The van der Waals surface area contributed by atoms with Crippen molar-refractivity contribution in [1.82, 2.24) is 0 Å². The SMILES string of the molecule is CCOc1ccc(C(C(=O)OCC#CC(C)=O)C(C)C)cc1. The van der Waals surface area contributed by atoms with Crippen molar-refractivity contribution in [2.75, 3.05) is 13.2 Å². The van der Waals surface area contributed by atoms with Gasteiger partial charge in [0.25, 0.3) is 0 Å². The molecule has 1 aromatic carbocycles. The van der Waals surface area contributed by atoms with E-state index in [2.05, 4.69) is 11.8 Å². The van der Waals surface area contributed by atoms with Gasteiger partial charge >= 0.3 is 5.97 Å². The van der Waals surface area contributed by atoms with Crippen LogP contribution in [0.5, 0.6) is 5.75 Å². The first-order valence-corrected chi connectivity index (χ1v) is 7.34. The number of ketones is 1. The number of hydrogen-bond acceptors (Lipinski definition) is 4. The number of Topliss-reactive ketones (excluding diaryl/α,β-unsaturated/α-hetero) is 1. The van der Waals surface area contributed by atoms with Gasteiger partial charge in [0.2, 0.25) is 5.78 Å². The highest BCUT2D eigenvalue weighted by atomic mass is 16.5. The molecular formula is C18H22O4. The Morgan fingerprint density at radius 3 is 2.32 bits per heavy atom. The summed E-state index contributed by atoms with van der Waals surface area (Å²) in [6.45, 7) is 7.74. The summed E-state index contributed by atoms with van der Waals surface area (Å²) in [6, 6.07) is 7.43. The van der Waals surface area contributed by atoms with Gasteiger partial charge in [-0.05, 0) is 36.5 Å². The highest BCUT2D eigenvalue weighted by Gasteiger charge is 2.25. The number of esters is 1. The van der Waals surface area contributed by atoms with Gasteiger partial charge in [-0.2, -0.15) is 0 Å². The van der Waals surface area contributed by atoms with Crippen molar-refractivity contribution in [3.8, 4) is 17.6 Å². The second kappa shape index (κ2) is 8.89. The Kier molecular flexibility index (Phi) is 7.18. The number of benzene rings is 1. The molecular weight excluding hydrogens is 280 g/mol. The van der Waals surface area contributed by atoms with Crippen LogP contribution < -0.4 is 4.74 Å². The van der Waals surface area contributed by atoms with Gasteiger partial charge in [0.1, 0.15) is 5.75 Å². The Labute approximate surface area is 131 Å². The highest BCUT2D eigenvalue weighted by Crippen LogP contribution is 2.27. The van der Waals surface area contributed by atoms with Crippen LogP contribution in [-0.2, 0) is 14.3 Å². The fourth-order valence-corrected chi connectivity index (χ4v) is 2.09. The van der Waals surface area contributed by atoms with Crippen LogP contribution in [0.2, 0.25) is 0 Å². The molecule has 0 heterocycles. The van der Waals surface area contributed by atoms with Crippen LogP contribution in [0.3, 0.4) is 0 Å². The molecule has 118 valence electrons.